The normalized spacial score (nSPS) is 32.6. The molecule has 2 rings (SSSR count). The summed E-state index contributed by atoms with van der Waals surface area (Å²) in [4.78, 5) is 2.17. The van der Waals surface area contributed by atoms with Gasteiger partial charge in [-0.25, -0.2) is 0 Å². The minimum absolute atomic E-state index is 0.177. The molecule has 2 atom stereocenters. The summed E-state index contributed by atoms with van der Waals surface area (Å²) in [6.07, 6.45) is 4.07. The molecule has 0 spiro atoms. The van der Waals surface area contributed by atoms with Crippen molar-refractivity contribution in [2.45, 2.75) is 69.5 Å². The van der Waals surface area contributed by atoms with Gasteiger partial charge in [-0.3, -0.25) is 4.90 Å². The quantitative estimate of drug-likeness (QED) is 0.852. The molecular weight excluding hydrogens is 277 g/mol. The van der Waals surface area contributed by atoms with Gasteiger partial charge in [0.25, 0.3) is 0 Å². The van der Waals surface area contributed by atoms with Gasteiger partial charge in [-0.15, -0.1) is 0 Å². The number of rotatable bonds is 4. The Bertz CT molecular complexity index is 326. The topological polar surface area (TPSA) is 29.3 Å². The van der Waals surface area contributed by atoms with Crippen LogP contribution < -0.4 is 5.73 Å². The van der Waals surface area contributed by atoms with Crippen molar-refractivity contribution in [3.63, 3.8) is 0 Å². The summed E-state index contributed by atoms with van der Waals surface area (Å²) in [5, 5.41) is 0. The molecule has 0 aliphatic heterocycles. The summed E-state index contributed by atoms with van der Waals surface area (Å²) in [6, 6.07) is 0. The van der Waals surface area contributed by atoms with Crippen molar-refractivity contribution in [1.29, 1.82) is 0 Å². The minimum Gasteiger partial charge on any atom is -0.329 e. The first-order valence-corrected chi connectivity index (χ1v) is 8.35. The van der Waals surface area contributed by atoms with Gasteiger partial charge in [-0.2, -0.15) is 13.2 Å². The smallest absolute Gasteiger partial charge is 0.329 e. The number of nitrogens with zero attached hydrogens (tertiary/aromatic N) is 1. The Morgan fingerprint density at radius 1 is 1.10 bits per heavy atom. The molecule has 2 saturated carbocycles. The average molecular weight is 306 g/mol. The van der Waals surface area contributed by atoms with Crippen LogP contribution >= 0.6 is 0 Å². The molecule has 0 bridgehead atoms. The Kier molecular flexibility index (Phi) is 5.58. The van der Waals surface area contributed by atoms with Gasteiger partial charge in [0.05, 0.1) is 5.92 Å². The van der Waals surface area contributed by atoms with Crippen LogP contribution in [0.3, 0.4) is 0 Å². The summed E-state index contributed by atoms with van der Waals surface area (Å²) in [5.41, 5.74) is 5.49. The number of nitrogens with two attached hydrogens (primary N) is 1. The highest BCUT2D eigenvalue weighted by molar-refractivity contribution is 4.97. The molecule has 0 amide bonds. The largest absolute Gasteiger partial charge is 0.391 e. The molecule has 124 valence electrons. The molecule has 0 saturated heterocycles. The second-order valence-electron chi connectivity index (χ2n) is 7.15. The summed E-state index contributed by atoms with van der Waals surface area (Å²) in [5.74, 6) is -0.540. The number of likely N-dealkylation sites (N-methyl/N-ethyl adjacent to an activating group) is 1. The molecule has 5 heteroatoms. The first-order chi connectivity index (χ1) is 9.87. The lowest BCUT2D eigenvalue weighted by molar-refractivity contribution is -0.193. The lowest BCUT2D eigenvalue weighted by atomic mass is 9.74. The van der Waals surface area contributed by atoms with E-state index in [2.05, 4.69) is 4.90 Å². The molecule has 0 heterocycles. The molecule has 2 N–H and O–H groups in total. The fourth-order valence-corrected chi connectivity index (χ4v) is 4.26. The fourth-order valence-electron chi connectivity index (χ4n) is 4.26. The minimum atomic E-state index is -4.08. The van der Waals surface area contributed by atoms with Gasteiger partial charge in [0, 0.05) is 18.6 Å². The van der Waals surface area contributed by atoms with E-state index in [9.17, 15) is 13.2 Å². The lowest BCUT2D eigenvalue weighted by Crippen LogP contribution is -2.57. The summed E-state index contributed by atoms with van der Waals surface area (Å²) in [6.45, 7) is 1.24. The van der Waals surface area contributed by atoms with Crippen LogP contribution in [0.15, 0.2) is 0 Å². The van der Waals surface area contributed by atoms with Gasteiger partial charge >= 0.3 is 6.18 Å². The highest BCUT2D eigenvalue weighted by Gasteiger charge is 2.48. The van der Waals surface area contributed by atoms with Crippen LogP contribution in [0.25, 0.3) is 0 Å². The van der Waals surface area contributed by atoms with Crippen molar-refractivity contribution in [2.24, 2.45) is 17.6 Å². The van der Waals surface area contributed by atoms with Crippen LogP contribution in [-0.4, -0.2) is 36.8 Å². The van der Waals surface area contributed by atoms with E-state index in [1.54, 1.807) is 0 Å². The standard InChI is InChI=1S/C16H29F3N2/c1-21(11-13-6-3-2-4-7-13)15(12-20)9-5-8-14(10-15)16(17,18)19/h13-14H,2-12,20H2,1H3. The van der Waals surface area contributed by atoms with Crippen molar-refractivity contribution < 1.29 is 13.2 Å². The number of hydrogen-bond acceptors (Lipinski definition) is 2. The van der Waals surface area contributed by atoms with Gasteiger partial charge < -0.3 is 5.73 Å². The second kappa shape index (κ2) is 6.86. The summed E-state index contributed by atoms with van der Waals surface area (Å²) in [7, 11) is 1.99. The van der Waals surface area contributed by atoms with Crippen LogP contribution in [0.2, 0.25) is 0 Å². The zero-order valence-corrected chi connectivity index (χ0v) is 13.1. The molecule has 2 aliphatic carbocycles. The Hall–Kier alpha value is -0.290. The van der Waals surface area contributed by atoms with Crippen molar-refractivity contribution in [3.8, 4) is 0 Å². The molecule has 2 nitrogen and oxygen atoms in total. The average Bonchev–Trinajstić information content (AvgIpc) is 2.47. The first kappa shape index (κ1) is 17.1. The Balaban J connectivity index is 2.01. The van der Waals surface area contributed by atoms with E-state index in [0.29, 0.717) is 18.9 Å². The molecule has 0 aromatic carbocycles. The lowest BCUT2D eigenvalue weighted by Gasteiger charge is -2.48. The Morgan fingerprint density at radius 2 is 1.76 bits per heavy atom. The highest BCUT2D eigenvalue weighted by Crippen LogP contribution is 2.44. The van der Waals surface area contributed by atoms with Gasteiger partial charge in [0.2, 0.25) is 0 Å². The van der Waals surface area contributed by atoms with Crippen LogP contribution in [0.5, 0.6) is 0 Å². The van der Waals surface area contributed by atoms with Crippen LogP contribution in [0.4, 0.5) is 13.2 Å². The third-order valence-electron chi connectivity index (χ3n) is 5.73. The van der Waals surface area contributed by atoms with Gasteiger partial charge in [0.15, 0.2) is 0 Å². The molecule has 21 heavy (non-hydrogen) atoms. The number of alkyl halides is 3. The molecule has 2 aliphatic rings. The summed E-state index contributed by atoms with van der Waals surface area (Å²) < 4.78 is 39.3. The zero-order valence-electron chi connectivity index (χ0n) is 13.1. The Labute approximate surface area is 126 Å². The molecular formula is C16H29F3N2. The van der Waals surface area contributed by atoms with E-state index < -0.39 is 17.6 Å². The van der Waals surface area contributed by atoms with E-state index in [-0.39, 0.29) is 12.8 Å². The molecule has 0 aromatic rings. The molecule has 0 radical (unpaired) electrons. The molecule has 0 aromatic heterocycles. The predicted molar refractivity (Wildman–Crippen MR) is 79.0 cm³/mol. The van der Waals surface area contributed by atoms with E-state index in [0.717, 1.165) is 13.0 Å². The van der Waals surface area contributed by atoms with Crippen molar-refractivity contribution in [1.82, 2.24) is 4.90 Å². The van der Waals surface area contributed by atoms with E-state index >= 15 is 0 Å². The first-order valence-electron chi connectivity index (χ1n) is 8.35. The van der Waals surface area contributed by atoms with Gasteiger partial charge in [0.1, 0.15) is 0 Å². The van der Waals surface area contributed by atoms with Crippen molar-refractivity contribution in [2.75, 3.05) is 20.1 Å². The third kappa shape index (κ3) is 4.13. The van der Waals surface area contributed by atoms with Gasteiger partial charge in [-0.05, 0) is 45.1 Å². The SMILES string of the molecule is CN(CC1CCCCC1)C1(CN)CCCC(C(F)(F)F)C1. The Morgan fingerprint density at radius 3 is 2.33 bits per heavy atom. The zero-order chi connectivity index (χ0) is 15.5. The maximum absolute atomic E-state index is 13.1. The highest BCUT2D eigenvalue weighted by atomic mass is 19.4. The van der Waals surface area contributed by atoms with E-state index in [1.807, 2.05) is 7.05 Å². The summed E-state index contributed by atoms with van der Waals surface area (Å²) >= 11 is 0. The van der Waals surface area contributed by atoms with Crippen molar-refractivity contribution >= 4 is 0 Å². The maximum atomic E-state index is 13.1. The van der Waals surface area contributed by atoms with Gasteiger partial charge in [-0.1, -0.05) is 25.7 Å². The van der Waals surface area contributed by atoms with Crippen LogP contribution in [-0.2, 0) is 0 Å². The number of halogens is 3. The molecule has 2 fully saturated rings. The fraction of sp³-hybridized carbons (Fsp3) is 1.00. The van der Waals surface area contributed by atoms with E-state index in [4.69, 9.17) is 5.73 Å². The monoisotopic (exact) mass is 306 g/mol. The second-order valence-corrected chi connectivity index (χ2v) is 7.15. The van der Waals surface area contributed by atoms with Crippen LogP contribution in [0.1, 0.15) is 57.8 Å². The molecule has 2 unspecified atom stereocenters. The van der Waals surface area contributed by atoms with Crippen molar-refractivity contribution in [3.05, 3.63) is 0 Å². The van der Waals surface area contributed by atoms with E-state index in [1.165, 1.54) is 32.1 Å². The predicted octanol–water partition coefficient (Wildman–Crippen LogP) is 3.95. The third-order valence-corrected chi connectivity index (χ3v) is 5.73. The number of hydrogen-bond donors (Lipinski definition) is 1. The van der Waals surface area contributed by atoms with Crippen LogP contribution in [0, 0.1) is 11.8 Å². The maximum Gasteiger partial charge on any atom is 0.391 e.